The van der Waals surface area contributed by atoms with Crippen molar-refractivity contribution >= 4 is 17.6 Å². The molecule has 0 radical (unpaired) electrons. The Hall–Kier alpha value is -2.11. The second-order valence-electron chi connectivity index (χ2n) is 4.43. The molecule has 1 saturated heterocycles. The molecule has 102 valence electrons. The summed E-state index contributed by atoms with van der Waals surface area (Å²) >= 11 is 0. The quantitative estimate of drug-likeness (QED) is 0.874. The van der Waals surface area contributed by atoms with Gasteiger partial charge in [-0.1, -0.05) is 6.92 Å². The maximum atomic E-state index is 11.6. The molecule has 1 N–H and O–H groups in total. The number of carbonyl (C=O) groups is 2. The van der Waals surface area contributed by atoms with Crippen LogP contribution in [0.1, 0.15) is 23.8 Å². The Labute approximate surface area is 111 Å². The van der Waals surface area contributed by atoms with E-state index in [1.54, 1.807) is 12.3 Å². The van der Waals surface area contributed by atoms with Crippen molar-refractivity contribution in [3.05, 3.63) is 24.0 Å². The van der Waals surface area contributed by atoms with Crippen LogP contribution in [0.3, 0.4) is 0 Å². The summed E-state index contributed by atoms with van der Waals surface area (Å²) in [6.07, 6.45) is 2.11. The van der Waals surface area contributed by atoms with Crippen LogP contribution in [0.25, 0.3) is 0 Å². The molecule has 0 aromatic carbocycles. The number of carboxylic acid groups (broad SMARTS) is 1. The molecular weight excluding hydrogens is 246 g/mol. The highest BCUT2D eigenvalue weighted by molar-refractivity contribution is 5.85. The Balaban J connectivity index is 1.97. The summed E-state index contributed by atoms with van der Waals surface area (Å²) < 4.78 is 0. The maximum Gasteiger partial charge on any atom is 0.354 e. The molecule has 1 fully saturated rings. The van der Waals surface area contributed by atoms with E-state index in [1.165, 1.54) is 6.07 Å². The molecule has 1 amide bonds. The lowest BCUT2D eigenvalue weighted by Crippen LogP contribution is -2.48. The van der Waals surface area contributed by atoms with Gasteiger partial charge in [0.2, 0.25) is 5.91 Å². The van der Waals surface area contributed by atoms with Gasteiger partial charge >= 0.3 is 5.97 Å². The van der Waals surface area contributed by atoms with Gasteiger partial charge in [0.15, 0.2) is 0 Å². The molecule has 1 aliphatic rings. The summed E-state index contributed by atoms with van der Waals surface area (Å²) in [5.74, 6) is -0.844. The first-order valence-corrected chi connectivity index (χ1v) is 6.34. The molecule has 1 aromatic heterocycles. The third kappa shape index (κ3) is 3.01. The van der Waals surface area contributed by atoms with E-state index in [1.807, 2.05) is 11.8 Å². The van der Waals surface area contributed by atoms with Crippen LogP contribution in [0.2, 0.25) is 0 Å². The summed E-state index contributed by atoms with van der Waals surface area (Å²) in [6.45, 7) is 4.77. The lowest BCUT2D eigenvalue weighted by atomic mass is 10.2. The smallest absolute Gasteiger partial charge is 0.354 e. The molecule has 0 spiro atoms. The first kappa shape index (κ1) is 13.3. The number of hydrogen-bond donors (Lipinski definition) is 1. The zero-order chi connectivity index (χ0) is 13.8. The van der Waals surface area contributed by atoms with Crippen molar-refractivity contribution in [1.82, 2.24) is 9.88 Å². The van der Waals surface area contributed by atoms with E-state index in [9.17, 15) is 9.59 Å². The van der Waals surface area contributed by atoms with Crippen molar-refractivity contribution in [3.63, 3.8) is 0 Å². The number of carboxylic acids is 1. The number of pyridine rings is 1. The van der Waals surface area contributed by atoms with Crippen LogP contribution >= 0.6 is 0 Å². The summed E-state index contributed by atoms with van der Waals surface area (Å²) in [7, 11) is 0. The summed E-state index contributed by atoms with van der Waals surface area (Å²) in [6, 6.07) is 3.26. The van der Waals surface area contributed by atoms with E-state index >= 15 is 0 Å². The van der Waals surface area contributed by atoms with E-state index in [0.717, 1.165) is 18.8 Å². The Morgan fingerprint density at radius 2 is 1.95 bits per heavy atom. The first-order chi connectivity index (χ1) is 9.11. The maximum absolute atomic E-state index is 11.6. The Bertz CT molecular complexity index is 465. The number of nitrogens with zero attached hydrogens (tertiary/aromatic N) is 3. The standard InChI is InChI=1S/C13H17N3O3/c1-2-12(17)16-7-5-15(6-8-16)10-3-4-11(13(18)19)14-9-10/h3-4,9H,2,5-8H2,1H3,(H,18,19). The van der Waals surface area contributed by atoms with E-state index < -0.39 is 5.97 Å². The summed E-state index contributed by atoms with van der Waals surface area (Å²) in [4.78, 5) is 30.1. The van der Waals surface area contributed by atoms with Crippen LogP contribution in [0.4, 0.5) is 5.69 Å². The van der Waals surface area contributed by atoms with E-state index in [2.05, 4.69) is 9.88 Å². The molecule has 0 aliphatic carbocycles. The molecular formula is C13H17N3O3. The zero-order valence-electron chi connectivity index (χ0n) is 10.9. The van der Waals surface area contributed by atoms with Crippen molar-refractivity contribution in [3.8, 4) is 0 Å². The summed E-state index contributed by atoms with van der Waals surface area (Å²) in [5, 5.41) is 8.79. The second-order valence-corrected chi connectivity index (χ2v) is 4.43. The Morgan fingerprint density at radius 3 is 2.42 bits per heavy atom. The second kappa shape index (κ2) is 5.69. The molecule has 1 aromatic rings. The molecule has 2 heterocycles. The van der Waals surface area contributed by atoms with Crippen LogP contribution in [-0.2, 0) is 4.79 Å². The first-order valence-electron chi connectivity index (χ1n) is 6.34. The van der Waals surface area contributed by atoms with Gasteiger partial charge in [-0.3, -0.25) is 4.79 Å². The predicted molar refractivity (Wildman–Crippen MR) is 70.3 cm³/mol. The Morgan fingerprint density at radius 1 is 1.26 bits per heavy atom. The highest BCUT2D eigenvalue weighted by atomic mass is 16.4. The van der Waals surface area contributed by atoms with Gasteiger partial charge in [0.1, 0.15) is 5.69 Å². The van der Waals surface area contributed by atoms with Gasteiger partial charge in [0, 0.05) is 32.6 Å². The fourth-order valence-corrected chi connectivity index (χ4v) is 2.14. The fraction of sp³-hybridized carbons (Fsp3) is 0.462. The van der Waals surface area contributed by atoms with Gasteiger partial charge in [0.05, 0.1) is 11.9 Å². The summed E-state index contributed by atoms with van der Waals surface area (Å²) in [5.41, 5.74) is 0.942. The number of aromatic carboxylic acids is 1. The molecule has 0 bridgehead atoms. The fourth-order valence-electron chi connectivity index (χ4n) is 2.14. The van der Waals surface area contributed by atoms with Crippen molar-refractivity contribution < 1.29 is 14.7 Å². The van der Waals surface area contributed by atoms with Gasteiger partial charge in [-0.25, -0.2) is 9.78 Å². The monoisotopic (exact) mass is 263 g/mol. The zero-order valence-corrected chi connectivity index (χ0v) is 10.9. The van der Waals surface area contributed by atoms with E-state index in [4.69, 9.17) is 5.11 Å². The molecule has 0 atom stereocenters. The van der Waals surface area contributed by atoms with Crippen LogP contribution in [0.5, 0.6) is 0 Å². The molecule has 1 aliphatic heterocycles. The SMILES string of the molecule is CCC(=O)N1CCN(c2ccc(C(=O)O)nc2)CC1. The minimum absolute atomic E-state index is 0.0450. The number of rotatable bonds is 3. The van der Waals surface area contributed by atoms with Gasteiger partial charge in [-0.05, 0) is 12.1 Å². The largest absolute Gasteiger partial charge is 0.477 e. The minimum atomic E-state index is -1.02. The van der Waals surface area contributed by atoms with Gasteiger partial charge in [-0.15, -0.1) is 0 Å². The normalized spacial score (nSPS) is 15.4. The average molecular weight is 263 g/mol. The van der Waals surface area contributed by atoms with Crippen molar-refractivity contribution in [2.75, 3.05) is 31.1 Å². The Kier molecular flexibility index (Phi) is 3.99. The van der Waals surface area contributed by atoms with E-state index in [-0.39, 0.29) is 11.6 Å². The van der Waals surface area contributed by atoms with Gasteiger partial charge < -0.3 is 14.9 Å². The highest BCUT2D eigenvalue weighted by Crippen LogP contribution is 2.16. The third-order valence-electron chi connectivity index (χ3n) is 3.27. The third-order valence-corrected chi connectivity index (χ3v) is 3.27. The van der Waals surface area contributed by atoms with Crippen molar-refractivity contribution in [1.29, 1.82) is 0 Å². The van der Waals surface area contributed by atoms with Gasteiger partial charge in [0.25, 0.3) is 0 Å². The molecule has 2 rings (SSSR count). The number of piperazine rings is 1. The number of hydrogen-bond acceptors (Lipinski definition) is 4. The highest BCUT2D eigenvalue weighted by Gasteiger charge is 2.20. The topological polar surface area (TPSA) is 73.7 Å². The molecule has 0 unspecified atom stereocenters. The number of amides is 1. The lowest BCUT2D eigenvalue weighted by Gasteiger charge is -2.35. The van der Waals surface area contributed by atoms with Crippen LogP contribution in [-0.4, -0.2) is 53.0 Å². The van der Waals surface area contributed by atoms with Crippen LogP contribution in [0, 0.1) is 0 Å². The van der Waals surface area contributed by atoms with Crippen molar-refractivity contribution in [2.45, 2.75) is 13.3 Å². The van der Waals surface area contributed by atoms with Gasteiger partial charge in [-0.2, -0.15) is 0 Å². The average Bonchev–Trinajstić information content (AvgIpc) is 2.46. The van der Waals surface area contributed by atoms with Crippen LogP contribution in [0.15, 0.2) is 18.3 Å². The number of carbonyl (C=O) groups excluding carboxylic acids is 1. The molecule has 0 saturated carbocycles. The number of aromatic nitrogens is 1. The van der Waals surface area contributed by atoms with Crippen LogP contribution < -0.4 is 4.90 Å². The minimum Gasteiger partial charge on any atom is -0.477 e. The molecule has 6 nitrogen and oxygen atoms in total. The molecule has 6 heteroatoms. The predicted octanol–water partition coefficient (Wildman–Crippen LogP) is 0.838. The number of anilines is 1. The van der Waals surface area contributed by atoms with E-state index in [0.29, 0.717) is 19.5 Å². The van der Waals surface area contributed by atoms with Crippen molar-refractivity contribution in [2.24, 2.45) is 0 Å². The molecule has 19 heavy (non-hydrogen) atoms. The lowest BCUT2D eigenvalue weighted by molar-refractivity contribution is -0.131.